The smallest absolute Gasteiger partial charge is 0.238 e. The first-order valence-electron chi connectivity index (χ1n) is 6.37. The molecule has 1 saturated carbocycles. The number of hydrogen-bond donors (Lipinski definition) is 1. The second-order valence-corrected chi connectivity index (χ2v) is 7.38. The standard InChI is InChI=1S/C14H16BrN3OS/c1-4-8-6-14(8)11(19)18(3)12(16)17-13(14,2)10-5-9(15)7-20-10/h4-5,7-8H,1,6H2,2-3H3,(H2,16,17)/t8?,13-,14?/m1/s1. The van der Waals surface area contributed by atoms with Gasteiger partial charge in [0, 0.05) is 21.8 Å². The highest BCUT2D eigenvalue weighted by atomic mass is 79.9. The molecule has 1 aliphatic heterocycles. The monoisotopic (exact) mass is 353 g/mol. The van der Waals surface area contributed by atoms with E-state index in [4.69, 9.17) is 5.73 Å². The van der Waals surface area contributed by atoms with Gasteiger partial charge in [0.2, 0.25) is 5.91 Å². The molecule has 106 valence electrons. The van der Waals surface area contributed by atoms with Gasteiger partial charge in [-0.1, -0.05) is 6.08 Å². The molecule has 20 heavy (non-hydrogen) atoms. The predicted octanol–water partition coefficient (Wildman–Crippen LogP) is 2.70. The first kappa shape index (κ1) is 13.8. The minimum Gasteiger partial charge on any atom is -0.369 e. The van der Waals surface area contributed by atoms with Gasteiger partial charge in [0.05, 0.1) is 5.41 Å². The van der Waals surface area contributed by atoms with Crippen LogP contribution in [0.4, 0.5) is 0 Å². The maximum absolute atomic E-state index is 12.8. The lowest BCUT2D eigenvalue weighted by atomic mass is 9.77. The average Bonchev–Trinajstić information content (AvgIpc) is 3.01. The fraction of sp³-hybridized carbons (Fsp3) is 0.429. The Morgan fingerprint density at radius 2 is 2.40 bits per heavy atom. The topological polar surface area (TPSA) is 58.7 Å². The number of thiophene rings is 1. The molecule has 0 radical (unpaired) electrons. The van der Waals surface area contributed by atoms with Gasteiger partial charge >= 0.3 is 0 Å². The zero-order valence-electron chi connectivity index (χ0n) is 11.4. The summed E-state index contributed by atoms with van der Waals surface area (Å²) in [4.78, 5) is 20.0. The zero-order chi connectivity index (χ0) is 14.7. The molecule has 2 aliphatic rings. The summed E-state index contributed by atoms with van der Waals surface area (Å²) in [5, 5.41) is 2.01. The van der Waals surface area contributed by atoms with Crippen molar-refractivity contribution in [2.45, 2.75) is 18.9 Å². The third kappa shape index (κ3) is 1.52. The van der Waals surface area contributed by atoms with Crippen molar-refractivity contribution in [3.05, 3.63) is 33.5 Å². The Labute approximate surface area is 130 Å². The summed E-state index contributed by atoms with van der Waals surface area (Å²) in [5.41, 5.74) is 4.80. The van der Waals surface area contributed by atoms with Gasteiger partial charge in [0.25, 0.3) is 0 Å². The maximum atomic E-state index is 12.8. The van der Waals surface area contributed by atoms with Gasteiger partial charge in [0.15, 0.2) is 5.96 Å². The van der Waals surface area contributed by atoms with E-state index in [-0.39, 0.29) is 17.8 Å². The van der Waals surface area contributed by atoms with E-state index < -0.39 is 11.0 Å². The molecule has 4 nitrogen and oxygen atoms in total. The molecule has 1 aromatic rings. The first-order valence-corrected chi connectivity index (χ1v) is 8.04. The Morgan fingerprint density at radius 1 is 1.70 bits per heavy atom. The number of nitrogens with two attached hydrogens (primary N) is 1. The molecule has 1 spiro atoms. The van der Waals surface area contributed by atoms with Crippen LogP contribution in [0.2, 0.25) is 0 Å². The number of nitrogens with zero attached hydrogens (tertiary/aromatic N) is 2. The first-order chi connectivity index (χ1) is 9.36. The molecule has 0 bridgehead atoms. The molecule has 2 N–H and O–H groups in total. The van der Waals surface area contributed by atoms with Crippen molar-refractivity contribution in [3.8, 4) is 0 Å². The second kappa shape index (κ2) is 4.18. The number of carbonyl (C=O) groups excluding carboxylic acids is 1. The molecule has 2 heterocycles. The number of halogens is 1. The average molecular weight is 354 g/mol. The zero-order valence-corrected chi connectivity index (χ0v) is 13.8. The number of allylic oxidation sites excluding steroid dienone is 1. The van der Waals surface area contributed by atoms with E-state index >= 15 is 0 Å². The minimum absolute atomic E-state index is 0.0434. The van der Waals surface area contributed by atoms with Crippen LogP contribution in [0.3, 0.4) is 0 Å². The number of guanidine groups is 1. The Kier molecular flexibility index (Phi) is 2.89. The number of rotatable bonds is 2. The Balaban J connectivity index is 2.21. The summed E-state index contributed by atoms with van der Waals surface area (Å²) in [6.07, 6.45) is 2.64. The Bertz CT molecular complexity index is 640. The molecule has 6 heteroatoms. The largest absolute Gasteiger partial charge is 0.369 e. The molecule has 1 amide bonds. The van der Waals surface area contributed by atoms with Crippen LogP contribution in [-0.2, 0) is 10.3 Å². The molecular weight excluding hydrogens is 338 g/mol. The SMILES string of the molecule is C=CC1CC12C(=O)N(C)C(N)=N[C@]2(C)c1cc(Br)cs1. The number of amides is 1. The van der Waals surface area contributed by atoms with E-state index in [1.807, 2.05) is 24.4 Å². The summed E-state index contributed by atoms with van der Waals surface area (Å²) in [7, 11) is 1.69. The van der Waals surface area contributed by atoms with Crippen molar-refractivity contribution in [3.63, 3.8) is 0 Å². The molecule has 2 unspecified atom stereocenters. The van der Waals surface area contributed by atoms with Crippen LogP contribution >= 0.6 is 27.3 Å². The van der Waals surface area contributed by atoms with Gasteiger partial charge in [-0.3, -0.25) is 9.69 Å². The number of aliphatic imine (C=N–C) groups is 1. The van der Waals surface area contributed by atoms with Crippen LogP contribution in [0.1, 0.15) is 18.2 Å². The van der Waals surface area contributed by atoms with Crippen molar-refractivity contribution < 1.29 is 4.79 Å². The summed E-state index contributed by atoms with van der Waals surface area (Å²) in [6.45, 7) is 5.87. The quantitative estimate of drug-likeness (QED) is 0.831. The summed E-state index contributed by atoms with van der Waals surface area (Å²) < 4.78 is 1.00. The Hall–Kier alpha value is -1.14. The number of carbonyl (C=O) groups is 1. The van der Waals surface area contributed by atoms with Gasteiger partial charge in [-0.15, -0.1) is 17.9 Å². The molecule has 1 aliphatic carbocycles. The van der Waals surface area contributed by atoms with E-state index in [2.05, 4.69) is 27.5 Å². The molecule has 0 aromatic carbocycles. The van der Waals surface area contributed by atoms with E-state index in [1.54, 1.807) is 18.4 Å². The van der Waals surface area contributed by atoms with Gasteiger partial charge in [-0.25, -0.2) is 4.99 Å². The van der Waals surface area contributed by atoms with Crippen LogP contribution in [-0.4, -0.2) is 23.8 Å². The summed E-state index contributed by atoms with van der Waals surface area (Å²) in [5.74, 6) is 0.476. The van der Waals surface area contributed by atoms with Gasteiger partial charge < -0.3 is 5.73 Å². The van der Waals surface area contributed by atoms with Crippen LogP contribution in [0.15, 0.2) is 33.6 Å². The van der Waals surface area contributed by atoms with Crippen molar-refractivity contribution >= 4 is 39.1 Å². The fourth-order valence-electron chi connectivity index (χ4n) is 3.24. The van der Waals surface area contributed by atoms with Crippen molar-refractivity contribution in [1.29, 1.82) is 0 Å². The van der Waals surface area contributed by atoms with Crippen molar-refractivity contribution in [1.82, 2.24) is 4.90 Å². The molecule has 3 rings (SSSR count). The second-order valence-electron chi connectivity index (χ2n) is 5.55. The Morgan fingerprint density at radius 3 is 2.90 bits per heavy atom. The molecule has 1 fully saturated rings. The third-order valence-electron chi connectivity index (χ3n) is 4.58. The maximum Gasteiger partial charge on any atom is 0.238 e. The number of hydrogen-bond acceptors (Lipinski definition) is 4. The molecule has 0 saturated heterocycles. The van der Waals surface area contributed by atoms with Gasteiger partial charge in [-0.2, -0.15) is 0 Å². The lowest BCUT2D eigenvalue weighted by Gasteiger charge is -2.41. The van der Waals surface area contributed by atoms with E-state index in [9.17, 15) is 4.79 Å². The van der Waals surface area contributed by atoms with Crippen molar-refractivity contribution in [2.75, 3.05) is 7.05 Å². The van der Waals surface area contributed by atoms with E-state index in [0.29, 0.717) is 0 Å². The lowest BCUT2D eigenvalue weighted by molar-refractivity contribution is -0.136. The van der Waals surface area contributed by atoms with Crippen LogP contribution < -0.4 is 5.73 Å². The van der Waals surface area contributed by atoms with Crippen molar-refractivity contribution in [2.24, 2.45) is 22.1 Å². The normalized spacial score (nSPS) is 36.1. The van der Waals surface area contributed by atoms with Crippen LogP contribution in [0.5, 0.6) is 0 Å². The van der Waals surface area contributed by atoms with Crippen LogP contribution in [0.25, 0.3) is 0 Å². The van der Waals surface area contributed by atoms with Crippen LogP contribution in [0, 0.1) is 11.3 Å². The van der Waals surface area contributed by atoms with E-state index in [0.717, 1.165) is 15.8 Å². The minimum atomic E-state index is -0.615. The van der Waals surface area contributed by atoms with Gasteiger partial charge in [0.1, 0.15) is 5.54 Å². The molecule has 3 atom stereocenters. The fourth-order valence-corrected chi connectivity index (χ4v) is 4.86. The summed E-state index contributed by atoms with van der Waals surface area (Å²) >= 11 is 5.07. The summed E-state index contributed by atoms with van der Waals surface area (Å²) in [6, 6.07) is 2.03. The highest BCUT2D eigenvalue weighted by molar-refractivity contribution is 9.10. The van der Waals surface area contributed by atoms with E-state index in [1.165, 1.54) is 4.90 Å². The lowest BCUT2D eigenvalue weighted by Crippen LogP contribution is -2.55. The predicted molar refractivity (Wildman–Crippen MR) is 84.5 cm³/mol. The highest BCUT2D eigenvalue weighted by Crippen LogP contribution is 2.67. The highest BCUT2D eigenvalue weighted by Gasteiger charge is 2.72. The molecular formula is C14H16BrN3OS. The molecule has 1 aromatic heterocycles. The third-order valence-corrected chi connectivity index (χ3v) is 6.49. The van der Waals surface area contributed by atoms with Gasteiger partial charge in [-0.05, 0) is 41.3 Å².